The van der Waals surface area contributed by atoms with Gasteiger partial charge in [-0.25, -0.2) is 0 Å². The summed E-state index contributed by atoms with van der Waals surface area (Å²) in [7, 11) is 0. The van der Waals surface area contributed by atoms with E-state index in [0.29, 0.717) is 23.7 Å². The molecule has 4 heteroatoms. The molecule has 4 nitrogen and oxygen atoms in total. The molecule has 276 valence electrons. The number of para-hydroxylation sites is 2. The first-order valence-electron chi connectivity index (χ1n) is 22.4. The van der Waals surface area contributed by atoms with E-state index in [0.717, 1.165) is 23.7 Å². The van der Waals surface area contributed by atoms with E-state index in [2.05, 4.69) is 85.5 Å². The van der Waals surface area contributed by atoms with Crippen LogP contribution in [0.15, 0.2) is 48.8 Å². The van der Waals surface area contributed by atoms with E-state index >= 15 is 0 Å². The molecule has 5 aromatic heterocycles. The second-order valence-electron chi connectivity index (χ2n) is 21.8. The molecule has 18 rings (SSSR count). The van der Waals surface area contributed by atoms with Gasteiger partial charge in [0, 0.05) is 66.4 Å². The molecule has 4 atom stereocenters. The van der Waals surface area contributed by atoms with Crippen LogP contribution in [0.2, 0.25) is 0 Å². The maximum Gasteiger partial charge on any atom is 0.0728 e. The van der Waals surface area contributed by atoms with Crippen molar-refractivity contribution in [3.8, 4) is 5.69 Å². The molecule has 4 fully saturated rings. The molecule has 56 heavy (non-hydrogen) atoms. The summed E-state index contributed by atoms with van der Waals surface area (Å²) >= 11 is 0. The Morgan fingerprint density at radius 1 is 0.500 bits per heavy atom. The van der Waals surface area contributed by atoms with Crippen LogP contribution in [-0.4, -0.2) is 18.9 Å². The molecule has 10 aliphatic rings. The van der Waals surface area contributed by atoms with Gasteiger partial charge in [0.1, 0.15) is 0 Å². The SMILES string of the molecule is CC1(C)c2c3c(c4c5c6c(ncc5n5c7cnc8c(c7c2c45)C2CC4CC(CC8C4)C2)C2CC4CC(C2)CC6C4)C(C)(C)c2cccc4c5cccc1c5n-3c24. The highest BCUT2D eigenvalue weighted by atomic mass is 15.0. The molecule has 3 aromatic carbocycles. The minimum absolute atomic E-state index is 0.195. The van der Waals surface area contributed by atoms with Crippen LogP contribution in [0.1, 0.15) is 160 Å². The Morgan fingerprint density at radius 3 is 1.38 bits per heavy atom. The molecule has 8 aliphatic carbocycles. The number of rotatable bonds is 0. The van der Waals surface area contributed by atoms with Gasteiger partial charge in [-0.2, -0.15) is 0 Å². The zero-order chi connectivity index (χ0) is 36.5. The summed E-state index contributed by atoms with van der Waals surface area (Å²) in [5, 5.41) is 9.07. The zero-order valence-electron chi connectivity index (χ0n) is 33.1. The summed E-state index contributed by atoms with van der Waals surface area (Å²) in [6.45, 7) is 10.3. The fourth-order valence-corrected chi connectivity index (χ4v) is 16.9. The van der Waals surface area contributed by atoms with Crippen LogP contribution in [0.4, 0.5) is 0 Å². The molecule has 7 heterocycles. The molecular formula is C52H48N4. The number of pyridine rings is 2. The smallest absolute Gasteiger partial charge is 0.0728 e. The highest BCUT2D eigenvalue weighted by Gasteiger charge is 2.51. The predicted molar refractivity (Wildman–Crippen MR) is 226 cm³/mol. The summed E-state index contributed by atoms with van der Waals surface area (Å²) in [4.78, 5) is 11.3. The Kier molecular flexibility index (Phi) is 4.77. The van der Waals surface area contributed by atoms with E-state index in [1.165, 1.54) is 131 Å². The van der Waals surface area contributed by atoms with Gasteiger partial charge in [-0.3, -0.25) is 9.97 Å². The van der Waals surface area contributed by atoms with Gasteiger partial charge < -0.3 is 8.97 Å². The summed E-state index contributed by atoms with van der Waals surface area (Å²) in [6, 6.07) is 14.5. The molecule has 8 bridgehead atoms. The average Bonchev–Trinajstić information content (AvgIpc) is 3.73. The first-order chi connectivity index (χ1) is 27.3. The topological polar surface area (TPSA) is 35.1 Å². The summed E-state index contributed by atoms with van der Waals surface area (Å²) in [5.41, 5.74) is 20.5. The number of aromatic nitrogens is 4. The van der Waals surface area contributed by atoms with Crippen molar-refractivity contribution >= 4 is 59.9 Å². The van der Waals surface area contributed by atoms with E-state index in [4.69, 9.17) is 9.97 Å². The van der Waals surface area contributed by atoms with Crippen LogP contribution in [0.25, 0.3) is 65.6 Å². The Hall–Kier alpha value is -4.44. The Balaban J connectivity index is 1.21. The fraction of sp³-hybridized carbons (Fsp3) is 0.462. The third-order valence-corrected chi connectivity index (χ3v) is 18.4. The van der Waals surface area contributed by atoms with E-state index in [1.54, 1.807) is 43.8 Å². The van der Waals surface area contributed by atoms with Gasteiger partial charge >= 0.3 is 0 Å². The van der Waals surface area contributed by atoms with Crippen LogP contribution < -0.4 is 0 Å². The highest BCUT2D eigenvalue weighted by Crippen LogP contribution is 2.65. The molecular weight excluding hydrogens is 681 g/mol. The van der Waals surface area contributed by atoms with Gasteiger partial charge in [-0.15, -0.1) is 0 Å². The molecule has 0 saturated heterocycles. The molecule has 0 spiro atoms. The first kappa shape index (κ1) is 29.8. The van der Waals surface area contributed by atoms with Gasteiger partial charge in [-0.1, -0.05) is 64.1 Å². The maximum absolute atomic E-state index is 5.65. The Morgan fingerprint density at radius 2 is 0.929 bits per heavy atom. The largest absolute Gasteiger partial charge is 0.308 e. The lowest BCUT2D eigenvalue weighted by molar-refractivity contribution is 0.165. The summed E-state index contributed by atoms with van der Waals surface area (Å²) < 4.78 is 5.57. The van der Waals surface area contributed by atoms with E-state index in [1.807, 2.05) is 0 Å². The lowest BCUT2D eigenvalue weighted by Gasteiger charge is -2.43. The minimum Gasteiger partial charge on any atom is -0.308 e. The van der Waals surface area contributed by atoms with Crippen LogP contribution in [-0.2, 0) is 10.8 Å². The van der Waals surface area contributed by atoms with Crippen molar-refractivity contribution in [1.29, 1.82) is 0 Å². The van der Waals surface area contributed by atoms with Crippen molar-refractivity contribution in [2.45, 2.75) is 126 Å². The van der Waals surface area contributed by atoms with Crippen molar-refractivity contribution in [2.75, 3.05) is 0 Å². The van der Waals surface area contributed by atoms with Crippen LogP contribution in [0, 0.1) is 23.7 Å². The quantitative estimate of drug-likeness (QED) is 0.156. The lowest BCUT2D eigenvalue weighted by atomic mass is 9.65. The van der Waals surface area contributed by atoms with Crippen LogP contribution in [0.3, 0.4) is 0 Å². The monoisotopic (exact) mass is 728 g/mol. The summed E-state index contributed by atoms with van der Waals surface area (Å²) in [6.07, 6.45) is 18.4. The van der Waals surface area contributed by atoms with Gasteiger partial charge in [0.05, 0.1) is 45.7 Å². The fourth-order valence-electron chi connectivity index (χ4n) is 16.9. The van der Waals surface area contributed by atoms with E-state index in [9.17, 15) is 0 Å². The van der Waals surface area contributed by atoms with Gasteiger partial charge in [-0.05, 0) is 133 Å². The number of benzene rings is 3. The van der Waals surface area contributed by atoms with Crippen molar-refractivity contribution in [3.05, 3.63) is 93.6 Å². The zero-order valence-corrected chi connectivity index (χ0v) is 33.1. The lowest BCUT2D eigenvalue weighted by Crippen LogP contribution is -2.34. The van der Waals surface area contributed by atoms with Gasteiger partial charge in [0.15, 0.2) is 0 Å². The molecule has 4 saturated carbocycles. The van der Waals surface area contributed by atoms with Crippen molar-refractivity contribution < 1.29 is 0 Å². The normalized spacial score (nSPS) is 31.9. The van der Waals surface area contributed by atoms with Crippen molar-refractivity contribution in [1.82, 2.24) is 18.9 Å². The van der Waals surface area contributed by atoms with Crippen molar-refractivity contribution in [3.63, 3.8) is 0 Å². The second-order valence-corrected chi connectivity index (χ2v) is 21.8. The summed E-state index contributed by atoms with van der Waals surface area (Å²) in [5.74, 6) is 5.88. The molecule has 0 N–H and O–H groups in total. The maximum atomic E-state index is 5.65. The highest BCUT2D eigenvalue weighted by molar-refractivity contribution is 6.30. The Labute approximate surface area is 327 Å². The molecule has 0 radical (unpaired) electrons. The number of nitrogens with zero attached hydrogens (tertiary/aromatic N) is 4. The number of hydrogen-bond acceptors (Lipinski definition) is 2. The third kappa shape index (κ3) is 2.99. The molecule has 2 aliphatic heterocycles. The van der Waals surface area contributed by atoms with Crippen LogP contribution in [0.5, 0.6) is 0 Å². The third-order valence-electron chi connectivity index (χ3n) is 18.4. The molecule has 4 unspecified atom stereocenters. The molecule has 8 aromatic rings. The number of hydrogen-bond donors (Lipinski definition) is 0. The van der Waals surface area contributed by atoms with Gasteiger partial charge in [0.2, 0.25) is 0 Å². The second kappa shape index (κ2) is 8.99. The van der Waals surface area contributed by atoms with Crippen LogP contribution >= 0.6 is 0 Å². The minimum atomic E-state index is -0.195. The first-order valence-corrected chi connectivity index (χ1v) is 22.4. The van der Waals surface area contributed by atoms with Gasteiger partial charge in [0.25, 0.3) is 0 Å². The standard InChI is InChI=1S/C52H48N4/c1-51(2)33-9-5-7-31-32-8-6-10-34-48(32)56(47(31)33)50-43(51)41-39-35(21-53-45-29-17-23-11-24(18-29)14-27(13-23)37(39)45)55-36-22-54-46-30-19-25-12-26(20-30)16-28(15-25)38(46)40(36)42(49(41)55)44(50)52(34,3)4/h5-10,21-30H,11-20H2,1-4H3. The predicted octanol–water partition coefficient (Wildman–Crippen LogP) is 12.8. The molecule has 0 amide bonds. The average molecular weight is 729 g/mol. The Bertz CT molecular complexity index is 2990. The van der Waals surface area contributed by atoms with E-state index in [-0.39, 0.29) is 10.8 Å². The van der Waals surface area contributed by atoms with E-state index < -0.39 is 0 Å². The van der Waals surface area contributed by atoms with Crippen molar-refractivity contribution in [2.24, 2.45) is 23.7 Å². The number of fused-ring (bicyclic) bond motifs is 9.